The lowest BCUT2D eigenvalue weighted by molar-refractivity contribution is -0.129. The van der Waals surface area contributed by atoms with Gasteiger partial charge < -0.3 is 15.5 Å². The van der Waals surface area contributed by atoms with Crippen LogP contribution in [-0.4, -0.2) is 48.9 Å². The average molecular weight is 267 g/mol. The van der Waals surface area contributed by atoms with Gasteiger partial charge >= 0.3 is 0 Å². The monoisotopic (exact) mass is 267 g/mol. The third-order valence-corrected chi connectivity index (χ3v) is 3.95. The first-order valence-corrected chi connectivity index (χ1v) is 7.43. The molecule has 2 rings (SSSR count). The summed E-state index contributed by atoms with van der Waals surface area (Å²) >= 11 is 0. The van der Waals surface area contributed by atoms with Gasteiger partial charge in [0, 0.05) is 32.0 Å². The molecule has 108 valence electrons. The van der Waals surface area contributed by atoms with Crippen molar-refractivity contribution in [2.75, 3.05) is 26.2 Å². The van der Waals surface area contributed by atoms with Crippen molar-refractivity contribution >= 4 is 11.8 Å². The third kappa shape index (κ3) is 4.49. The largest absolute Gasteiger partial charge is 0.352 e. The van der Waals surface area contributed by atoms with E-state index in [0.717, 1.165) is 38.9 Å². The van der Waals surface area contributed by atoms with Gasteiger partial charge in [-0.1, -0.05) is 0 Å². The van der Waals surface area contributed by atoms with Crippen molar-refractivity contribution in [3.8, 4) is 0 Å². The van der Waals surface area contributed by atoms with Crippen LogP contribution >= 0.6 is 0 Å². The Balaban J connectivity index is 1.67. The fourth-order valence-corrected chi connectivity index (χ4v) is 2.97. The van der Waals surface area contributed by atoms with E-state index in [-0.39, 0.29) is 17.9 Å². The molecule has 2 N–H and O–H groups in total. The molecule has 5 heteroatoms. The Labute approximate surface area is 115 Å². The van der Waals surface area contributed by atoms with Gasteiger partial charge in [0.2, 0.25) is 11.8 Å². The van der Waals surface area contributed by atoms with Crippen LogP contribution in [0.2, 0.25) is 0 Å². The maximum absolute atomic E-state index is 11.9. The summed E-state index contributed by atoms with van der Waals surface area (Å²) in [7, 11) is 0. The number of carbonyl (C=O) groups excluding carboxylic acids is 2. The molecule has 2 unspecified atom stereocenters. The van der Waals surface area contributed by atoms with E-state index in [0.29, 0.717) is 25.3 Å². The smallest absolute Gasteiger partial charge is 0.222 e. The number of piperidine rings is 1. The van der Waals surface area contributed by atoms with Crippen LogP contribution in [0.3, 0.4) is 0 Å². The van der Waals surface area contributed by atoms with E-state index in [2.05, 4.69) is 10.6 Å². The second kappa shape index (κ2) is 6.89. The van der Waals surface area contributed by atoms with E-state index in [9.17, 15) is 9.59 Å². The lowest BCUT2D eigenvalue weighted by atomic mass is 9.96. The average Bonchev–Trinajstić information content (AvgIpc) is 2.76. The number of amides is 2. The molecular formula is C14H25N3O2. The van der Waals surface area contributed by atoms with Crippen LogP contribution in [0.5, 0.6) is 0 Å². The Bertz CT molecular complexity index is 327. The fourth-order valence-electron chi connectivity index (χ4n) is 2.97. The molecule has 0 bridgehead atoms. The quantitative estimate of drug-likeness (QED) is 0.762. The van der Waals surface area contributed by atoms with E-state index in [4.69, 9.17) is 0 Å². The Hall–Kier alpha value is -1.10. The Morgan fingerprint density at radius 3 is 3.00 bits per heavy atom. The van der Waals surface area contributed by atoms with Crippen LogP contribution in [0.4, 0.5) is 0 Å². The minimum Gasteiger partial charge on any atom is -0.352 e. The Kier molecular flexibility index (Phi) is 5.19. The first-order chi connectivity index (χ1) is 9.15. The highest BCUT2D eigenvalue weighted by Crippen LogP contribution is 2.14. The summed E-state index contributed by atoms with van der Waals surface area (Å²) in [6, 6.07) is 0.0473. The molecule has 0 aromatic carbocycles. The summed E-state index contributed by atoms with van der Waals surface area (Å²) in [6.07, 6.45) is 4.52. The van der Waals surface area contributed by atoms with Crippen molar-refractivity contribution in [3.05, 3.63) is 0 Å². The van der Waals surface area contributed by atoms with E-state index in [1.807, 2.05) is 11.8 Å². The molecule has 0 spiro atoms. The van der Waals surface area contributed by atoms with Crippen LogP contribution in [-0.2, 0) is 9.59 Å². The standard InChI is InChI=1S/C14H25N3O2/c1-11(10-17-7-3-5-14(17)19)16-13(18)8-12-4-2-6-15-9-12/h11-12,15H,2-10H2,1H3,(H,16,18). The molecule has 2 saturated heterocycles. The fraction of sp³-hybridized carbons (Fsp3) is 0.857. The van der Waals surface area contributed by atoms with E-state index >= 15 is 0 Å². The zero-order chi connectivity index (χ0) is 13.7. The molecule has 5 nitrogen and oxygen atoms in total. The highest BCUT2D eigenvalue weighted by atomic mass is 16.2. The molecule has 0 radical (unpaired) electrons. The van der Waals surface area contributed by atoms with E-state index < -0.39 is 0 Å². The summed E-state index contributed by atoms with van der Waals surface area (Å²) in [5.74, 6) is 0.805. The number of nitrogens with zero attached hydrogens (tertiary/aromatic N) is 1. The Morgan fingerprint density at radius 1 is 1.53 bits per heavy atom. The molecule has 0 aliphatic carbocycles. The topological polar surface area (TPSA) is 61.4 Å². The molecule has 0 saturated carbocycles. The maximum Gasteiger partial charge on any atom is 0.222 e. The van der Waals surface area contributed by atoms with Gasteiger partial charge in [0.05, 0.1) is 0 Å². The number of rotatable bonds is 5. The summed E-state index contributed by atoms with van der Waals surface area (Å²) in [5.41, 5.74) is 0. The predicted octanol–water partition coefficient (Wildman–Crippen LogP) is 0.503. The molecule has 2 fully saturated rings. The minimum atomic E-state index is 0.0473. The molecule has 2 heterocycles. The third-order valence-electron chi connectivity index (χ3n) is 3.95. The minimum absolute atomic E-state index is 0.0473. The van der Waals surface area contributed by atoms with E-state index in [1.165, 1.54) is 0 Å². The van der Waals surface area contributed by atoms with Crippen LogP contribution in [0.25, 0.3) is 0 Å². The molecule has 2 aliphatic heterocycles. The van der Waals surface area contributed by atoms with Crippen LogP contribution < -0.4 is 10.6 Å². The molecule has 2 atom stereocenters. The lowest BCUT2D eigenvalue weighted by Crippen LogP contribution is -2.43. The van der Waals surface area contributed by atoms with Crippen LogP contribution in [0.1, 0.15) is 39.0 Å². The normalized spacial score (nSPS) is 25.4. The maximum atomic E-state index is 11.9. The molecule has 2 amide bonds. The van der Waals surface area contributed by atoms with Gasteiger partial charge in [-0.2, -0.15) is 0 Å². The van der Waals surface area contributed by atoms with Gasteiger partial charge in [0.1, 0.15) is 0 Å². The molecule has 0 aromatic heterocycles. The first-order valence-electron chi connectivity index (χ1n) is 7.43. The molecule has 0 aromatic rings. The van der Waals surface area contributed by atoms with Crippen molar-refractivity contribution < 1.29 is 9.59 Å². The van der Waals surface area contributed by atoms with Crippen molar-refractivity contribution in [2.24, 2.45) is 5.92 Å². The number of hydrogen-bond acceptors (Lipinski definition) is 3. The zero-order valence-electron chi connectivity index (χ0n) is 11.8. The molecule has 2 aliphatic rings. The van der Waals surface area contributed by atoms with Crippen LogP contribution in [0.15, 0.2) is 0 Å². The number of hydrogen-bond donors (Lipinski definition) is 2. The predicted molar refractivity (Wildman–Crippen MR) is 73.6 cm³/mol. The van der Waals surface area contributed by atoms with Crippen molar-refractivity contribution in [1.82, 2.24) is 15.5 Å². The van der Waals surface area contributed by atoms with Crippen molar-refractivity contribution in [1.29, 1.82) is 0 Å². The lowest BCUT2D eigenvalue weighted by Gasteiger charge is -2.25. The van der Waals surface area contributed by atoms with Gasteiger partial charge in [-0.05, 0) is 45.2 Å². The molecular weight excluding hydrogens is 242 g/mol. The number of carbonyl (C=O) groups is 2. The van der Waals surface area contributed by atoms with Gasteiger partial charge in [-0.3, -0.25) is 9.59 Å². The summed E-state index contributed by atoms with van der Waals surface area (Å²) in [4.78, 5) is 25.3. The Morgan fingerprint density at radius 2 is 2.37 bits per heavy atom. The number of likely N-dealkylation sites (tertiary alicyclic amines) is 1. The van der Waals surface area contributed by atoms with Crippen molar-refractivity contribution in [3.63, 3.8) is 0 Å². The second-order valence-electron chi connectivity index (χ2n) is 5.83. The SMILES string of the molecule is CC(CN1CCCC1=O)NC(=O)CC1CCCNC1. The van der Waals surface area contributed by atoms with Crippen LogP contribution in [0, 0.1) is 5.92 Å². The summed E-state index contributed by atoms with van der Waals surface area (Å²) in [6.45, 7) is 5.49. The van der Waals surface area contributed by atoms with Gasteiger partial charge in [0.15, 0.2) is 0 Å². The van der Waals surface area contributed by atoms with Gasteiger partial charge in [-0.15, -0.1) is 0 Å². The summed E-state index contributed by atoms with van der Waals surface area (Å²) < 4.78 is 0. The van der Waals surface area contributed by atoms with E-state index in [1.54, 1.807) is 0 Å². The first kappa shape index (κ1) is 14.3. The molecule has 19 heavy (non-hydrogen) atoms. The zero-order valence-corrected chi connectivity index (χ0v) is 11.8. The second-order valence-corrected chi connectivity index (χ2v) is 5.83. The van der Waals surface area contributed by atoms with Gasteiger partial charge in [-0.25, -0.2) is 0 Å². The van der Waals surface area contributed by atoms with Gasteiger partial charge in [0.25, 0.3) is 0 Å². The highest BCUT2D eigenvalue weighted by Gasteiger charge is 2.23. The highest BCUT2D eigenvalue weighted by molar-refractivity contribution is 5.78. The number of nitrogens with one attached hydrogen (secondary N) is 2. The van der Waals surface area contributed by atoms with Crippen molar-refractivity contribution in [2.45, 2.75) is 45.1 Å². The summed E-state index contributed by atoms with van der Waals surface area (Å²) in [5, 5.41) is 6.34.